The number of aromatic nitrogens is 1. The lowest BCUT2D eigenvalue weighted by Gasteiger charge is -2.24. The molecule has 2 heterocycles. The predicted octanol–water partition coefficient (Wildman–Crippen LogP) is 3.23. The Balaban J connectivity index is 1.70. The summed E-state index contributed by atoms with van der Waals surface area (Å²) in [4.78, 5) is 28.6. The number of ether oxygens (including phenoxy) is 1. The first kappa shape index (κ1) is 18.0. The molecule has 2 aromatic rings. The number of anilines is 1. The number of oxazole rings is 1. The number of nitrogens with one attached hydrogen (secondary N) is 1. The number of alkyl carbamates (subject to hydrolysis) is 1. The van der Waals surface area contributed by atoms with Gasteiger partial charge in [0, 0.05) is 25.2 Å². The zero-order chi connectivity index (χ0) is 18.9. The Morgan fingerprint density at radius 2 is 2.27 bits per heavy atom. The van der Waals surface area contributed by atoms with Crippen LogP contribution in [0.25, 0.3) is 11.1 Å². The Kier molecular flexibility index (Phi) is 4.71. The molecule has 9 nitrogen and oxygen atoms in total. The number of hydrogen-bond donors (Lipinski definition) is 1. The van der Waals surface area contributed by atoms with Crippen molar-refractivity contribution < 1.29 is 18.9 Å². The van der Waals surface area contributed by atoms with E-state index in [1.54, 1.807) is 6.07 Å². The van der Waals surface area contributed by atoms with Crippen LogP contribution in [0.3, 0.4) is 0 Å². The summed E-state index contributed by atoms with van der Waals surface area (Å²) in [7, 11) is 0. The van der Waals surface area contributed by atoms with E-state index in [2.05, 4.69) is 10.3 Å². The van der Waals surface area contributed by atoms with Crippen molar-refractivity contribution in [1.29, 1.82) is 0 Å². The number of rotatable bonds is 4. The van der Waals surface area contributed by atoms with Gasteiger partial charge >= 0.3 is 6.09 Å². The van der Waals surface area contributed by atoms with E-state index >= 15 is 0 Å². The lowest BCUT2D eigenvalue weighted by atomic mass is 10.2. The number of carbonyl (C=O) groups is 1. The van der Waals surface area contributed by atoms with Crippen LogP contribution in [0.5, 0.6) is 0 Å². The normalized spacial score (nSPS) is 17.5. The summed E-state index contributed by atoms with van der Waals surface area (Å²) >= 11 is 0. The van der Waals surface area contributed by atoms with Gasteiger partial charge in [-0.1, -0.05) is 0 Å². The number of nitrogens with zero attached hydrogens (tertiary/aromatic N) is 3. The predicted molar refractivity (Wildman–Crippen MR) is 95.3 cm³/mol. The number of fused-ring (bicyclic) bond motifs is 1. The molecule has 0 radical (unpaired) electrons. The molecule has 1 saturated heterocycles. The molecule has 0 spiro atoms. The molecule has 3 rings (SSSR count). The Labute approximate surface area is 150 Å². The number of hydrogen-bond acceptors (Lipinski definition) is 7. The lowest BCUT2D eigenvalue weighted by molar-refractivity contribution is -0.384. The van der Waals surface area contributed by atoms with Gasteiger partial charge in [-0.25, -0.2) is 4.79 Å². The van der Waals surface area contributed by atoms with Crippen LogP contribution in [0.15, 0.2) is 22.6 Å². The fraction of sp³-hybridized carbons (Fsp3) is 0.529. The van der Waals surface area contributed by atoms with Gasteiger partial charge in [-0.15, -0.1) is 0 Å². The van der Waals surface area contributed by atoms with Crippen LogP contribution in [0.1, 0.15) is 33.6 Å². The standard InChI is InChI=1S/C17H22N4O5/c1-17(2,3)26-16(22)18-10-12-5-4-8-20(12)15-19-13-9-11(21(23)24)6-7-14(13)25-15/h6-7,9,12H,4-5,8,10H2,1-3H3,(H,18,22). The molecular formula is C17H22N4O5. The van der Waals surface area contributed by atoms with E-state index < -0.39 is 16.6 Å². The third kappa shape index (κ3) is 4.04. The van der Waals surface area contributed by atoms with Gasteiger partial charge in [0.2, 0.25) is 0 Å². The van der Waals surface area contributed by atoms with Gasteiger partial charge in [0.1, 0.15) is 11.1 Å². The van der Waals surface area contributed by atoms with Crippen molar-refractivity contribution in [2.45, 2.75) is 45.3 Å². The molecule has 1 fully saturated rings. The molecule has 140 valence electrons. The van der Waals surface area contributed by atoms with Crippen LogP contribution in [0, 0.1) is 10.1 Å². The molecule has 1 atom stereocenters. The third-order valence-electron chi connectivity index (χ3n) is 4.07. The van der Waals surface area contributed by atoms with Crippen molar-refractivity contribution in [2.75, 3.05) is 18.0 Å². The Morgan fingerprint density at radius 1 is 1.50 bits per heavy atom. The molecule has 0 saturated carbocycles. The molecule has 0 bridgehead atoms. The fourth-order valence-electron chi connectivity index (χ4n) is 2.96. The largest absolute Gasteiger partial charge is 0.444 e. The third-order valence-corrected chi connectivity index (χ3v) is 4.07. The maximum Gasteiger partial charge on any atom is 0.407 e. The summed E-state index contributed by atoms with van der Waals surface area (Å²) in [6.45, 7) is 6.59. The molecule has 1 aliphatic heterocycles. The summed E-state index contributed by atoms with van der Waals surface area (Å²) in [5, 5.41) is 13.7. The van der Waals surface area contributed by atoms with Crippen molar-refractivity contribution in [3.05, 3.63) is 28.3 Å². The smallest absolute Gasteiger partial charge is 0.407 e. The molecule has 1 aromatic heterocycles. The first-order valence-electron chi connectivity index (χ1n) is 8.51. The van der Waals surface area contributed by atoms with E-state index in [1.165, 1.54) is 12.1 Å². The van der Waals surface area contributed by atoms with Crippen LogP contribution in [-0.4, -0.2) is 40.7 Å². The maximum atomic E-state index is 11.8. The molecule has 1 aromatic carbocycles. The zero-order valence-corrected chi connectivity index (χ0v) is 15.0. The van der Waals surface area contributed by atoms with Crippen LogP contribution >= 0.6 is 0 Å². The fourth-order valence-corrected chi connectivity index (χ4v) is 2.96. The maximum absolute atomic E-state index is 11.8. The first-order valence-corrected chi connectivity index (χ1v) is 8.51. The highest BCUT2D eigenvalue weighted by molar-refractivity contribution is 5.77. The minimum Gasteiger partial charge on any atom is -0.444 e. The molecular weight excluding hydrogens is 340 g/mol. The van der Waals surface area contributed by atoms with Crippen molar-refractivity contribution in [3.63, 3.8) is 0 Å². The van der Waals surface area contributed by atoms with Crippen molar-refractivity contribution in [2.24, 2.45) is 0 Å². The number of carbonyl (C=O) groups excluding carboxylic acids is 1. The van der Waals surface area contributed by atoms with Crippen LogP contribution in [-0.2, 0) is 4.74 Å². The number of nitro groups is 1. The lowest BCUT2D eigenvalue weighted by Crippen LogP contribution is -2.42. The second kappa shape index (κ2) is 6.81. The summed E-state index contributed by atoms with van der Waals surface area (Å²) in [5.74, 6) is 0. The Hall–Kier alpha value is -2.84. The highest BCUT2D eigenvalue weighted by Gasteiger charge is 2.29. The highest BCUT2D eigenvalue weighted by Crippen LogP contribution is 2.29. The van der Waals surface area contributed by atoms with Gasteiger partial charge < -0.3 is 19.4 Å². The van der Waals surface area contributed by atoms with Gasteiger partial charge in [0.05, 0.1) is 11.0 Å². The molecule has 1 N–H and O–H groups in total. The number of benzene rings is 1. The average molecular weight is 362 g/mol. The van der Waals surface area contributed by atoms with Gasteiger partial charge in [0.25, 0.3) is 11.7 Å². The Morgan fingerprint density at radius 3 is 2.96 bits per heavy atom. The van der Waals surface area contributed by atoms with Gasteiger partial charge in [-0.05, 0) is 39.7 Å². The quantitative estimate of drug-likeness (QED) is 0.656. The highest BCUT2D eigenvalue weighted by atomic mass is 16.6. The summed E-state index contributed by atoms with van der Waals surface area (Å²) in [6, 6.07) is 4.78. The SMILES string of the molecule is CC(C)(C)OC(=O)NCC1CCCN1c1nc2cc([N+](=O)[O-])ccc2o1. The molecule has 9 heteroatoms. The first-order chi connectivity index (χ1) is 12.2. The topological polar surface area (TPSA) is 111 Å². The summed E-state index contributed by atoms with van der Waals surface area (Å²) < 4.78 is 11.0. The van der Waals surface area contributed by atoms with Crippen molar-refractivity contribution in [1.82, 2.24) is 10.3 Å². The van der Waals surface area contributed by atoms with E-state index in [-0.39, 0.29) is 11.7 Å². The zero-order valence-electron chi connectivity index (χ0n) is 15.0. The van der Waals surface area contributed by atoms with E-state index in [0.29, 0.717) is 23.7 Å². The van der Waals surface area contributed by atoms with E-state index in [1.807, 2.05) is 25.7 Å². The summed E-state index contributed by atoms with van der Waals surface area (Å²) in [5.41, 5.74) is 0.368. The second-order valence-electron chi connectivity index (χ2n) is 7.28. The molecule has 1 aliphatic rings. The van der Waals surface area contributed by atoms with Gasteiger partial charge in [0.15, 0.2) is 5.58 Å². The Bertz CT molecular complexity index is 826. The van der Waals surface area contributed by atoms with Crippen LogP contribution in [0.4, 0.5) is 16.5 Å². The molecule has 1 unspecified atom stereocenters. The monoisotopic (exact) mass is 362 g/mol. The van der Waals surface area contributed by atoms with Crippen LogP contribution < -0.4 is 10.2 Å². The summed E-state index contributed by atoms with van der Waals surface area (Å²) in [6.07, 6.45) is 1.37. The minimum atomic E-state index is -0.547. The number of nitro benzene ring substituents is 1. The average Bonchev–Trinajstić information content (AvgIpc) is 3.16. The van der Waals surface area contributed by atoms with Crippen molar-refractivity contribution >= 4 is 28.9 Å². The number of amides is 1. The molecule has 0 aliphatic carbocycles. The minimum absolute atomic E-state index is 0.0260. The van der Waals surface area contributed by atoms with E-state index in [9.17, 15) is 14.9 Å². The van der Waals surface area contributed by atoms with Gasteiger partial charge in [-0.3, -0.25) is 10.1 Å². The second-order valence-corrected chi connectivity index (χ2v) is 7.28. The molecule has 1 amide bonds. The van der Waals surface area contributed by atoms with Gasteiger partial charge in [-0.2, -0.15) is 4.98 Å². The van der Waals surface area contributed by atoms with Crippen LogP contribution in [0.2, 0.25) is 0 Å². The van der Waals surface area contributed by atoms with E-state index in [4.69, 9.17) is 9.15 Å². The van der Waals surface area contributed by atoms with E-state index in [0.717, 1.165) is 19.4 Å². The number of non-ortho nitro benzene ring substituents is 1. The van der Waals surface area contributed by atoms with Crippen molar-refractivity contribution in [3.8, 4) is 0 Å². The molecule has 26 heavy (non-hydrogen) atoms.